The molecule has 0 aromatic heterocycles. The van der Waals surface area contributed by atoms with Crippen molar-refractivity contribution in [2.75, 3.05) is 24.7 Å². The fraction of sp³-hybridized carbons (Fsp3) is 0.667. The van der Waals surface area contributed by atoms with Gasteiger partial charge in [-0.15, -0.1) is 0 Å². The Morgan fingerprint density at radius 1 is 0.963 bits per heavy atom. The summed E-state index contributed by atoms with van der Waals surface area (Å²) in [4.78, 5) is 131. The molecule has 2 saturated heterocycles. The van der Waals surface area contributed by atoms with Gasteiger partial charge in [0.05, 0.1) is 29.9 Å². The topological polar surface area (TPSA) is 284 Å². The van der Waals surface area contributed by atoms with Gasteiger partial charge in [-0.1, -0.05) is 71.2 Å². The summed E-state index contributed by atoms with van der Waals surface area (Å²) in [6.07, 6.45) is 10.8. The first-order valence-corrected chi connectivity index (χ1v) is 30.1. The Balaban J connectivity index is 0.866. The number of carbonyl (C=O) groups excluding carboxylic acids is 10. The van der Waals surface area contributed by atoms with Gasteiger partial charge in [0.2, 0.25) is 23.6 Å². The van der Waals surface area contributed by atoms with E-state index in [0.717, 1.165) is 24.8 Å². The van der Waals surface area contributed by atoms with E-state index in [9.17, 15) is 53.1 Å². The monoisotopic (exact) mass is 1130 g/mol. The van der Waals surface area contributed by atoms with Crippen LogP contribution in [0.3, 0.4) is 0 Å². The van der Waals surface area contributed by atoms with E-state index in [1.54, 1.807) is 56.5 Å². The summed E-state index contributed by atoms with van der Waals surface area (Å²) < 4.78 is 18.8. The molecule has 0 spiro atoms. The van der Waals surface area contributed by atoms with Gasteiger partial charge in [-0.2, -0.15) is 11.8 Å². The first kappa shape index (κ1) is 62.0. The predicted molar refractivity (Wildman–Crippen MR) is 298 cm³/mol. The zero-order valence-electron chi connectivity index (χ0n) is 47.4. The molecular formula is C60H83N5O14S. The van der Waals surface area contributed by atoms with Gasteiger partial charge in [-0.3, -0.25) is 48.1 Å². The highest BCUT2D eigenvalue weighted by molar-refractivity contribution is 8.00. The molecular weight excluding hydrogens is 1050 g/mol. The number of nitrogens with two attached hydrogens (primary N) is 1. The van der Waals surface area contributed by atoms with Crippen LogP contribution in [0.5, 0.6) is 0 Å². The molecule has 6 N–H and O–H groups in total. The number of unbranched alkanes of at least 4 members (excludes halogenated alkanes) is 2. The van der Waals surface area contributed by atoms with E-state index in [-0.39, 0.29) is 134 Å². The summed E-state index contributed by atoms with van der Waals surface area (Å²) in [6, 6.07) is 5.00. The molecule has 80 heavy (non-hydrogen) atoms. The molecule has 5 fully saturated rings. The van der Waals surface area contributed by atoms with E-state index in [1.165, 1.54) is 16.7 Å². The number of hydrogen-bond donors (Lipinski definition) is 5. The van der Waals surface area contributed by atoms with Crippen molar-refractivity contribution in [3.63, 3.8) is 0 Å². The smallest absolute Gasteiger partial charge is 0.312 e. The lowest BCUT2D eigenvalue weighted by atomic mass is 9.46. The number of benzene rings is 1. The lowest BCUT2D eigenvalue weighted by Crippen LogP contribution is -2.63. The molecule has 2 heterocycles. The number of allylic oxidation sites excluding steroid dienone is 4. The van der Waals surface area contributed by atoms with Crippen LogP contribution in [0.2, 0.25) is 0 Å². The van der Waals surface area contributed by atoms with Gasteiger partial charge in [0.1, 0.15) is 12.4 Å². The van der Waals surface area contributed by atoms with Gasteiger partial charge < -0.3 is 41.0 Å². The third-order valence-electron chi connectivity index (χ3n) is 18.0. The lowest BCUT2D eigenvalue weighted by Gasteiger charge is -2.59. The Labute approximate surface area is 473 Å². The van der Waals surface area contributed by atoms with E-state index >= 15 is 0 Å². The molecule has 12 atom stereocenters. The van der Waals surface area contributed by atoms with E-state index in [1.807, 2.05) is 13.0 Å². The van der Waals surface area contributed by atoms with Gasteiger partial charge >= 0.3 is 12.0 Å². The fourth-order valence-electron chi connectivity index (χ4n) is 13.9. The summed E-state index contributed by atoms with van der Waals surface area (Å²) in [5, 5.41) is 19.9. The van der Waals surface area contributed by atoms with Crippen LogP contribution in [-0.2, 0) is 64.0 Å². The average Bonchev–Trinajstić information content (AvgIpc) is 2.98. The number of rotatable bonds is 29. The maximum Gasteiger partial charge on any atom is 0.312 e. The van der Waals surface area contributed by atoms with Crippen molar-refractivity contribution in [1.29, 1.82) is 0 Å². The molecule has 6 amide bonds. The Morgan fingerprint density at radius 2 is 1.70 bits per heavy atom. The number of ether oxygens (including phenoxy) is 3. The van der Waals surface area contributed by atoms with E-state index in [0.29, 0.717) is 62.7 Å². The van der Waals surface area contributed by atoms with Gasteiger partial charge in [0.25, 0.3) is 0 Å². The fourth-order valence-corrected chi connectivity index (χ4v) is 14.5. The van der Waals surface area contributed by atoms with Crippen molar-refractivity contribution in [1.82, 2.24) is 15.5 Å². The summed E-state index contributed by atoms with van der Waals surface area (Å²) in [5.41, 5.74) is 4.72. The van der Waals surface area contributed by atoms with Crippen LogP contribution < -0.4 is 21.7 Å². The molecule has 2 aliphatic heterocycles. The van der Waals surface area contributed by atoms with Crippen LogP contribution >= 0.6 is 11.8 Å². The second kappa shape index (κ2) is 27.0. The second-order valence-electron chi connectivity index (χ2n) is 23.7. The number of ketones is 4. The number of carbonyl (C=O) groups is 10. The standard InChI is InChI=1S/C60H83N5O14S/c1-7-12-52-78-48-31-43-42-22-17-38-30-41(67)25-26-58(38,4)53(42)45(69)33-59(43,5)60(48,79-52)47(70)23-20-40(66)21-24-51(73)77-34-36-15-18-39(19-16-36)63-55(74)37(13-11-27-62-57(61)76)29-44(68)54(35(2)3)64-49(71)14-9-8-10-28-65-50(72)32-46(80-6)56(65)75/h15-16,18-19,25-26,30,35,37,42-43,45-46,48,52-54,69H,7-14,17,20-24,27-29,31-34H2,1-6H3,(H,63,74)(H,64,71)(H3,61,62,76)/t37-,42+,43+,45+,46?,48-,52?,53-,54+,58+,59+,60-/m1/s1. The van der Waals surface area contributed by atoms with Crippen LogP contribution in [0.1, 0.15) is 156 Å². The number of Topliss-reactive ketones (excluding diaryl/α,β-unsaturated/α-hetero) is 3. The Bertz CT molecular complexity index is 2590. The number of imide groups is 1. The van der Waals surface area contributed by atoms with Crippen molar-refractivity contribution in [3.8, 4) is 0 Å². The van der Waals surface area contributed by atoms with Gasteiger partial charge in [0, 0.05) is 80.0 Å². The van der Waals surface area contributed by atoms with Crippen LogP contribution in [-0.4, -0.2) is 124 Å². The Morgan fingerprint density at radius 3 is 2.39 bits per heavy atom. The third kappa shape index (κ3) is 13.8. The highest BCUT2D eigenvalue weighted by Gasteiger charge is 2.75. The quantitative estimate of drug-likeness (QED) is 0.0315. The summed E-state index contributed by atoms with van der Waals surface area (Å²) in [5.74, 6) is -3.78. The molecule has 19 nitrogen and oxygen atoms in total. The maximum atomic E-state index is 14.7. The molecule has 438 valence electrons. The molecule has 7 rings (SSSR count). The Hall–Kier alpha value is -5.57. The molecule has 20 heteroatoms. The third-order valence-corrected chi connectivity index (χ3v) is 19.0. The SMILES string of the molecule is CCCC1O[C@@H]2C[C@H]3[C@@H]4CCC5=CC(=O)C=C[C@]5(C)[C@H]4[C@@H](O)C[C@]3(C)[C@]2(C(=O)CCC(=O)CCC(=O)OCc2ccc(NC(=O)[C@H](CCCNC(N)=O)CC(=O)[C@@H](NC(=O)CCCCCN3C(=O)CC(SC)C3=O)C(C)C)cc2)O1. The Kier molecular flexibility index (Phi) is 20.9. The lowest BCUT2D eigenvalue weighted by molar-refractivity contribution is -0.199. The molecule has 0 radical (unpaired) electrons. The van der Waals surface area contributed by atoms with Crippen molar-refractivity contribution >= 4 is 76.2 Å². The zero-order chi connectivity index (χ0) is 58.1. The van der Waals surface area contributed by atoms with Gasteiger partial charge in [-0.05, 0) is 112 Å². The summed E-state index contributed by atoms with van der Waals surface area (Å²) in [6.45, 7) is 10.2. The number of aliphatic hydroxyl groups is 1. The van der Waals surface area contributed by atoms with Crippen molar-refractivity contribution in [3.05, 3.63) is 53.6 Å². The molecule has 6 aliphatic rings. The number of esters is 1. The maximum absolute atomic E-state index is 14.7. The van der Waals surface area contributed by atoms with Gasteiger partial charge in [-0.25, -0.2) is 4.79 Å². The van der Waals surface area contributed by atoms with Crippen molar-refractivity contribution in [2.24, 2.45) is 46.2 Å². The number of amides is 6. The van der Waals surface area contributed by atoms with Crippen molar-refractivity contribution < 1.29 is 67.3 Å². The number of primary amides is 1. The van der Waals surface area contributed by atoms with Crippen LogP contribution in [0.25, 0.3) is 0 Å². The summed E-state index contributed by atoms with van der Waals surface area (Å²) in [7, 11) is 0. The number of aliphatic hydroxyl groups excluding tert-OH is 1. The van der Waals surface area contributed by atoms with Crippen LogP contribution in [0.15, 0.2) is 48.1 Å². The van der Waals surface area contributed by atoms with Crippen LogP contribution in [0.4, 0.5) is 10.5 Å². The largest absolute Gasteiger partial charge is 0.461 e. The summed E-state index contributed by atoms with van der Waals surface area (Å²) >= 11 is 1.36. The minimum absolute atomic E-state index is 0.00649. The first-order valence-electron chi connectivity index (χ1n) is 28.8. The predicted octanol–water partition coefficient (Wildman–Crippen LogP) is 6.75. The van der Waals surface area contributed by atoms with Crippen molar-refractivity contribution in [2.45, 2.75) is 192 Å². The molecule has 2 unspecified atom stereocenters. The van der Waals surface area contributed by atoms with E-state index in [4.69, 9.17) is 19.9 Å². The second-order valence-corrected chi connectivity index (χ2v) is 24.7. The normalized spacial score (nSPS) is 29.2. The zero-order valence-corrected chi connectivity index (χ0v) is 48.2. The number of thioether (sulfide) groups is 1. The average molecular weight is 1130 g/mol. The minimum Gasteiger partial charge on any atom is -0.461 e. The molecule has 1 aromatic rings. The molecule has 0 bridgehead atoms. The van der Waals surface area contributed by atoms with E-state index in [2.05, 4.69) is 29.8 Å². The number of urea groups is 1. The van der Waals surface area contributed by atoms with E-state index < -0.39 is 64.8 Å². The highest BCUT2D eigenvalue weighted by atomic mass is 32.2. The number of anilines is 1. The number of hydrogen-bond acceptors (Lipinski definition) is 15. The molecule has 1 aromatic carbocycles. The minimum atomic E-state index is -1.34. The molecule has 3 saturated carbocycles. The number of nitrogens with zero attached hydrogens (tertiary/aromatic N) is 1. The number of fused-ring (bicyclic) bond motifs is 7. The number of nitrogens with one attached hydrogen (secondary N) is 3. The van der Waals surface area contributed by atoms with Gasteiger partial charge in [0.15, 0.2) is 29.2 Å². The first-order chi connectivity index (χ1) is 38.0. The molecule has 4 aliphatic carbocycles. The van der Waals surface area contributed by atoms with Crippen LogP contribution in [0, 0.1) is 40.4 Å². The highest BCUT2D eigenvalue weighted by Crippen LogP contribution is 2.70. The number of likely N-dealkylation sites (tertiary alicyclic amines) is 1.